The largest absolute Gasteiger partial charge is 0.490 e. The van der Waals surface area contributed by atoms with Crippen LogP contribution in [0.5, 0.6) is 11.5 Å². The second kappa shape index (κ2) is 9.61. The molecule has 0 radical (unpaired) electrons. The standard InChI is InChI=1S/C21H24O5/c1-4-5-14-24-20(22)16-10-12-17(13-11-16)26-21(23)18-8-6-7-9-19(18)25-15(2)3/h6-13,15H,4-5,14H2,1-3H3. The Morgan fingerprint density at radius 1 is 0.962 bits per heavy atom. The minimum absolute atomic E-state index is 0.0537. The van der Waals surface area contributed by atoms with Crippen molar-refractivity contribution in [1.29, 1.82) is 0 Å². The summed E-state index contributed by atoms with van der Waals surface area (Å²) in [5.41, 5.74) is 0.772. The van der Waals surface area contributed by atoms with Gasteiger partial charge in [0.15, 0.2) is 0 Å². The summed E-state index contributed by atoms with van der Waals surface area (Å²) in [4.78, 5) is 24.3. The van der Waals surface area contributed by atoms with Crippen LogP contribution in [0.2, 0.25) is 0 Å². The fourth-order valence-corrected chi connectivity index (χ4v) is 2.21. The lowest BCUT2D eigenvalue weighted by Crippen LogP contribution is -2.14. The zero-order chi connectivity index (χ0) is 18.9. The van der Waals surface area contributed by atoms with Crippen molar-refractivity contribution in [3.05, 3.63) is 59.7 Å². The molecule has 26 heavy (non-hydrogen) atoms. The predicted molar refractivity (Wildman–Crippen MR) is 98.8 cm³/mol. The maximum absolute atomic E-state index is 12.4. The average Bonchev–Trinajstić information content (AvgIpc) is 2.62. The second-order valence-corrected chi connectivity index (χ2v) is 6.07. The Hall–Kier alpha value is -2.82. The molecule has 0 amide bonds. The summed E-state index contributed by atoms with van der Waals surface area (Å²) in [7, 11) is 0. The molecule has 0 aromatic heterocycles. The highest BCUT2D eigenvalue weighted by Gasteiger charge is 2.16. The summed E-state index contributed by atoms with van der Waals surface area (Å²) in [6.45, 7) is 6.21. The molecular formula is C21H24O5. The van der Waals surface area contributed by atoms with Gasteiger partial charge < -0.3 is 14.2 Å². The van der Waals surface area contributed by atoms with Crippen LogP contribution in [0.15, 0.2) is 48.5 Å². The first-order valence-electron chi connectivity index (χ1n) is 8.76. The molecule has 0 saturated heterocycles. The van der Waals surface area contributed by atoms with Crippen molar-refractivity contribution >= 4 is 11.9 Å². The van der Waals surface area contributed by atoms with E-state index in [9.17, 15) is 9.59 Å². The van der Waals surface area contributed by atoms with Crippen molar-refractivity contribution in [1.82, 2.24) is 0 Å². The van der Waals surface area contributed by atoms with Crippen LogP contribution in [-0.2, 0) is 4.74 Å². The Morgan fingerprint density at radius 2 is 1.65 bits per heavy atom. The molecule has 2 rings (SSSR count). The van der Waals surface area contributed by atoms with Gasteiger partial charge in [-0.3, -0.25) is 0 Å². The average molecular weight is 356 g/mol. The van der Waals surface area contributed by atoms with Crippen LogP contribution >= 0.6 is 0 Å². The van der Waals surface area contributed by atoms with E-state index >= 15 is 0 Å². The first-order valence-corrected chi connectivity index (χ1v) is 8.76. The molecule has 5 nitrogen and oxygen atoms in total. The van der Waals surface area contributed by atoms with E-state index in [0.29, 0.717) is 29.2 Å². The van der Waals surface area contributed by atoms with Crippen LogP contribution in [-0.4, -0.2) is 24.6 Å². The van der Waals surface area contributed by atoms with Crippen LogP contribution in [0.1, 0.15) is 54.3 Å². The molecule has 5 heteroatoms. The van der Waals surface area contributed by atoms with Gasteiger partial charge in [0.2, 0.25) is 0 Å². The molecule has 2 aromatic rings. The maximum Gasteiger partial charge on any atom is 0.347 e. The van der Waals surface area contributed by atoms with E-state index in [1.54, 1.807) is 48.5 Å². The molecule has 0 fully saturated rings. The van der Waals surface area contributed by atoms with Crippen molar-refractivity contribution in [2.45, 2.75) is 39.7 Å². The molecule has 0 aliphatic rings. The van der Waals surface area contributed by atoms with Gasteiger partial charge in [-0.05, 0) is 56.7 Å². The molecule has 138 valence electrons. The maximum atomic E-state index is 12.4. The van der Waals surface area contributed by atoms with Crippen molar-refractivity contribution in [3.63, 3.8) is 0 Å². The monoisotopic (exact) mass is 356 g/mol. The summed E-state index contributed by atoms with van der Waals surface area (Å²) in [5.74, 6) is -0.0744. The molecule has 0 unspecified atom stereocenters. The van der Waals surface area contributed by atoms with Crippen molar-refractivity contribution < 1.29 is 23.8 Å². The predicted octanol–water partition coefficient (Wildman–Crippen LogP) is 4.65. The minimum atomic E-state index is -0.514. The number of benzene rings is 2. The van der Waals surface area contributed by atoms with E-state index in [4.69, 9.17) is 14.2 Å². The van der Waals surface area contributed by atoms with Gasteiger partial charge in [-0.25, -0.2) is 9.59 Å². The third-order valence-corrected chi connectivity index (χ3v) is 3.50. The van der Waals surface area contributed by atoms with Crippen LogP contribution in [0.25, 0.3) is 0 Å². The van der Waals surface area contributed by atoms with Gasteiger partial charge in [-0.15, -0.1) is 0 Å². The zero-order valence-corrected chi connectivity index (χ0v) is 15.4. The van der Waals surface area contributed by atoms with Gasteiger partial charge >= 0.3 is 11.9 Å². The van der Waals surface area contributed by atoms with E-state index in [1.807, 2.05) is 20.8 Å². The quantitative estimate of drug-likeness (QED) is 0.391. The van der Waals surface area contributed by atoms with Gasteiger partial charge in [-0.1, -0.05) is 25.5 Å². The first kappa shape index (κ1) is 19.5. The van der Waals surface area contributed by atoms with Gasteiger partial charge in [0.1, 0.15) is 17.1 Å². The highest BCUT2D eigenvalue weighted by Crippen LogP contribution is 2.22. The Balaban J connectivity index is 2.03. The fourth-order valence-electron chi connectivity index (χ4n) is 2.21. The first-order chi connectivity index (χ1) is 12.5. The summed E-state index contributed by atoms with van der Waals surface area (Å²) in [6, 6.07) is 13.2. The van der Waals surface area contributed by atoms with E-state index in [1.165, 1.54) is 0 Å². The Labute approximate surface area is 153 Å². The minimum Gasteiger partial charge on any atom is -0.490 e. The fraction of sp³-hybridized carbons (Fsp3) is 0.333. The SMILES string of the molecule is CCCCOC(=O)c1ccc(OC(=O)c2ccccc2OC(C)C)cc1. The molecular weight excluding hydrogens is 332 g/mol. The Kier molecular flexibility index (Phi) is 7.21. The van der Waals surface area contributed by atoms with Crippen LogP contribution in [0.3, 0.4) is 0 Å². The van der Waals surface area contributed by atoms with Crippen molar-refractivity contribution in [2.24, 2.45) is 0 Å². The topological polar surface area (TPSA) is 61.8 Å². The van der Waals surface area contributed by atoms with E-state index in [-0.39, 0.29) is 12.1 Å². The molecule has 0 saturated carbocycles. The van der Waals surface area contributed by atoms with Gasteiger partial charge in [0.05, 0.1) is 18.3 Å². The third kappa shape index (κ3) is 5.62. The number of ether oxygens (including phenoxy) is 3. The summed E-state index contributed by atoms with van der Waals surface area (Å²) in [6.07, 6.45) is 1.74. The lowest BCUT2D eigenvalue weighted by Gasteiger charge is -2.13. The molecule has 0 spiro atoms. The highest BCUT2D eigenvalue weighted by molar-refractivity contribution is 5.94. The lowest BCUT2D eigenvalue weighted by molar-refractivity contribution is 0.0499. The zero-order valence-electron chi connectivity index (χ0n) is 15.4. The van der Waals surface area contributed by atoms with Gasteiger partial charge in [-0.2, -0.15) is 0 Å². The molecule has 0 aliphatic carbocycles. The number of hydrogen-bond donors (Lipinski definition) is 0. The molecule has 0 N–H and O–H groups in total. The van der Waals surface area contributed by atoms with Crippen molar-refractivity contribution in [3.8, 4) is 11.5 Å². The highest BCUT2D eigenvalue weighted by atomic mass is 16.5. The number of para-hydroxylation sites is 1. The molecule has 0 atom stereocenters. The smallest absolute Gasteiger partial charge is 0.347 e. The summed E-state index contributed by atoms with van der Waals surface area (Å²) >= 11 is 0. The van der Waals surface area contributed by atoms with Crippen molar-refractivity contribution in [2.75, 3.05) is 6.61 Å². The Morgan fingerprint density at radius 3 is 2.31 bits per heavy atom. The summed E-state index contributed by atoms with van der Waals surface area (Å²) < 4.78 is 16.2. The number of carbonyl (C=O) groups excluding carboxylic acids is 2. The van der Waals surface area contributed by atoms with Crippen LogP contribution in [0.4, 0.5) is 0 Å². The molecule has 0 heterocycles. The van der Waals surface area contributed by atoms with E-state index < -0.39 is 5.97 Å². The number of hydrogen-bond acceptors (Lipinski definition) is 5. The normalized spacial score (nSPS) is 10.5. The molecule has 0 aliphatic heterocycles. The number of rotatable bonds is 8. The molecule has 2 aromatic carbocycles. The third-order valence-electron chi connectivity index (χ3n) is 3.50. The Bertz CT molecular complexity index is 734. The van der Waals surface area contributed by atoms with Crippen LogP contribution in [0, 0.1) is 0 Å². The number of esters is 2. The lowest BCUT2D eigenvalue weighted by atomic mass is 10.2. The second-order valence-electron chi connectivity index (χ2n) is 6.07. The number of carbonyl (C=O) groups is 2. The van der Waals surface area contributed by atoms with Gasteiger partial charge in [0, 0.05) is 0 Å². The molecule has 0 bridgehead atoms. The summed E-state index contributed by atoms with van der Waals surface area (Å²) in [5, 5.41) is 0. The van der Waals surface area contributed by atoms with E-state index in [2.05, 4.69) is 0 Å². The van der Waals surface area contributed by atoms with Crippen LogP contribution < -0.4 is 9.47 Å². The number of unbranched alkanes of at least 4 members (excludes halogenated alkanes) is 1. The van der Waals surface area contributed by atoms with Gasteiger partial charge in [0.25, 0.3) is 0 Å². The van der Waals surface area contributed by atoms with E-state index in [0.717, 1.165) is 12.8 Å².